The number of carbonyl (C=O) groups is 4. The van der Waals surface area contributed by atoms with Crippen molar-refractivity contribution in [3.63, 3.8) is 0 Å². The maximum Gasteiger partial charge on any atom is 0.415 e. The number of aromatic amines is 1. The van der Waals surface area contributed by atoms with Crippen LogP contribution in [-0.4, -0.2) is 84.0 Å². The molecule has 3 rings (SSSR count). The Bertz CT molecular complexity index is 1400. The van der Waals surface area contributed by atoms with Gasteiger partial charge in [-0.3, -0.25) is 25.1 Å². The van der Waals surface area contributed by atoms with Gasteiger partial charge >= 0.3 is 24.0 Å². The fourth-order valence-corrected chi connectivity index (χ4v) is 4.36. The monoisotopic (exact) mass is 629 g/mol. The Labute approximate surface area is 259 Å². The van der Waals surface area contributed by atoms with Crippen LogP contribution in [0.4, 0.5) is 4.79 Å². The van der Waals surface area contributed by atoms with E-state index in [1.54, 1.807) is 45.0 Å². The highest BCUT2D eigenvalue weighted by atomic mass is 16.7. The molecular formula is C30H39N5O10. The van der Waals surface area contributed by atoms with Crippen molar-refractivity contribution in [2.75, 3.05) is 13.4 Å². The second-order valence-corrected chi connectivity index (χ2v) is 11.5. The van der Waals surface area contributed by atoms with Crippen LogP contribution in [0.3, 0.4) is 0 Å². The highest BCUT2D eigenvalue weighted by Crippen LogP contribution is 2.41. The van der Waals surface area contributed by atoms with E-state index >= 15 is 0 Å². The zero-order chi connectivity index (χ0) is 33.4. The van der Waals surface area contributed by atoms with E-state index in [0.717, 1.165) is 12.5 Å². The van der Waals surface area contributed by atoms with Crippen molar-refractivity contribution in [2.45, 2.75) is 71.0 Å². The van der Waals surface area contributed by atoms with Gasteiger partial charge in [0.15, 0.2) is 11.9 Å². The van der Waals surface area contributed by atoms with Gasteiger partial charge in [-0.15, -0.1) is 0 Å². The summed E-state index contributed by atoms with van der Waals surface area (Å²) in [4.78, 5) is 55.5. The third-order valence-corrected chi connectivity index (χ3v) is 7.02. The molecule has 1 aromatic heterocycles. The third-order valence-electron chi connectivity index (χ3n) is 7.02. The molecule has 1 saturated heterocycles. The third kappa shape index (κ3) is 9.20. The lowest BCUT2D eigenvalue weighted by Gasteiger charge is -2.29. The summed E-state index contributed by atoms with van der Waals surface area (Å²) in [6.45, 7) is 7.00. The number of nitrogens with two attached hydrogens (primary N) is 1. The van der Waals surface area contributed by atoms with Crippen LogP contribution < -0.4 is 11.1 Å². The Morgan fingerprint density at radius 2 is 1.84 bits per heavy atom. The van der Waals surface area contributed by atoms with E-state index in [1.807, 2.05) is 6.07 Å². The average molecular weight is 630 g/mol. The van der Waals surface area contributed by atoms with E-state index in [9.17, 15) is 24.3 Å². The average Bonchev–Trinajstić information content (AvgIpc) is 3.56. The Hall–Kier alpha value is -4.60. The quantitative estimate of drug-likeness (QED) is 0.0790. The van der Waals surface area contributed by atoms with Crippen LogP contribution in [0.15, 0.2) is 47.5 Å². The first-order chi connectivity index (χ1) is 21.1. The van der Waals surface area contributed by atoms with Gasteiger partial charge in [-0.2, -0.15) is 0 Å². The summed E-state index contributed by atoms with van der Waals surface area (Å²) in [6, 6.07) is 11.0. The molecule has 0 radical (unpaired) electrons. The number of rotatable bonds is 11. The Kier molecular flexibility index (Phi) is 11.6. The van der Waals surface area contributed by atoms with Crippen molar-refractivity contribution in [3.8, 4) is 0 Å². The second kappa shape index (κ2) is 14.9. The number of hydrogen-bond donors (Lipinski definition) is 5. The van der Waals surface area contributed by atoms with E-state index in [0.29, 0.717) is 6.34 Å². The van der Waals surface area contributed by atoms with Gasteiger partial charge in [0.1, 0.15) is 36.8 Å². The molecule has 6 N–H and O–H groups in total. The van der Waals surface area contributed by atoms with Gasteiger partial charge in [-0.1, -0.05) is 51.1 Å². The normalized spacial score (nSPS) is 22.2. The first kappa shape index (κ1) is 34.9. The van der Waals surface area contributed by atoms with Crippen molar-refractivity contribution >= 4 is 36.2 Å². The maximum atomic E-state index is 13.0. The zero-order valence-electron chi connectivity index (χ0n) is 25.7. The van der Waals surface area contributed by atoms with E-state index in [-0.39, 0.29) is 30.3 Å². The summed E-state index contributed by atoms with van der Waals surface area (Å²) in [6.07, 6.45) is -4.18. The molecule has 1 amide bonds. The Morgan fingerprint density at radius 1 is 1.16 bits per heavy atom. The molecule has 45 heavy (non-hydrogen) atoms. The number of ether oxygens (including phenoxy) is 5. The summed E-state index contributed by atoms with van der Waals surface area (Å²) in [5.41, 5.74) is 5.13. The number of nitrogens with one attached hydrogen (secondary N) is 3. The molecule has 15 nitrogen and oxygen atoms in total. The highest BCUT2D eigenvalue weighted by molar-refractivity contribution is 6.07. The molecule has 244 valence electrons. The topological polar surface area (TPSA) is 225 Å². The first-order valence-corrected chi connectivity index (χ1v) is 14.0. The summed E-state index contributed by atoms with van der Waals surface area (Å²) < 4.78 is 26.7. The number of carbonyl (C=O) groups excluding carboxylic acids is 4. The molecule has 1 fully saturated rings. The summed E-state index contributed by atoms with van der Waals surface area (Å²) >= 11 is 0. The van der Waals surface area contributed by atoms with Crippen molar-refractivity contribution in [1.29, 1.82) is 5.41 Å². The van der Waals surface area contributed by atoms with Gasteiger partial charge in [0.2, 0.25) is 6.79 Å². The molecule has 2 aromatic rings. The number of hydrogen-bond acceptors (Lipinski definition) is 12. The van der Waals surface area contributed by atoms with Gasteiger partial charge < -0.3 is 39.5 Å². The van der Waals surface area contributed by atoms with E-state index in [4.69, 9.17) is 30.1 Å². The molecule has 5 atom stereocenters. The summed E-state index contributed by atoms with van der Waals surface area (Å²) in [5.74, 6) is -2.11. The van der Waals surface area contributed by atoms with Crippen molar-refractivity contribution in [1.82, 2.24) is 10.3 Å². The lowest BCUT2D eigenvalue weighted by molar-refractivity contribution is -0.163. The summed E-state index contributed by atoms with van der Waals surface area (Å²) in [5, 5.41) is 21.2. The fraction of sp³-hybridized carbons (Fsp3) is 0.467. The molecule has 1 aliphatic heterocycles. The van der Waals surface area contributed by atoms with Crippen molar-refractivity contribution in [2.24, 2.45) is 16.1 Å². The first-order valence-electron chi connectivity index (χ1n) is 14.0. The van der Waals surface area contributed by atoms with Crippen LogP contribution in [-0.2, 0) is 50.1 Å². The van der Waals surface area contributed by atoms with Crippen LogP contribution in [0, 0.1) is 10.8 Å². The predicted molar refractivity (Wildman–Crippen MR) is 159 cm³/mol. The fourth-order valence-electron chi connectivity index (χ4n) is 4.36. The molecule has 0 saturated carbocycles. The number of H-pyrrole nitrogens is 1. The number of aromatic nitrogens is 1. The minimum atomic E-state index is -1.54. The van der Waals surface area contributed by atoms with Gasteiger partial charge in [-0.05, 0) is 30.0 Å². The van der Waals surface area contributed by atoms with Crippen molar-refractivity contribution in [3.05, 3.63) is 59.4 Å². The molecule has 0 bridgehead atoms. The standard InChI is InChI=1S/C30H39N5O10/c1-17(36)42-16-43-28(40)35-26(33-15-31)19-11-12-21(34-19)30(5)25(38)23(44-27(39)24(32)29(2,3)4)20(45-30)14-41-22(37)13-18-9-7-6-8-10-18/h6-12,15,20,23-25,34,38H,13-14,16,32H2,1-5H3,(H2,31,33,35,40)/t20-,23-,24-,25-,30+/m1/s1. The van der Waals surface area contributed by atoms with Crippen LogP contribution >= 0.6 is 0 Å². The van der Waals surface area contributed by atoms with Crippen LogP contribution in [0.5, 0.6) is 0 Å². The maximum absolute atomic E-state index is 13.0. The number of esters is 3. The highest BCUT2D eigenvalue weighted by Gasteiger charge is 2.56. The van der Waals surface area contributed by atoms with Gasteiger partial charge in [0.05, 0.1) is 17.8 Å². The predicted octanol–water partition coefficient (Wildman–Crippen LogP) is 1.66. The second-order valence-electron chi connectivity index (χ2n) is 11.5. The molecule has 1 aromatic carbocycles. The number of benzene rings is 1. The Morgan fingerprint density at radius 3 is 2.47 bits per heavy atom. The molecule has 1 aliphatic rings. The van der Waals surface area contributed by atoms with Crippen LogP contribution in [0.1, 0.15) is 51.6 Å². The SMILES string of the molecule is CC(=O)OCOC(=O)NC(=NC=N)c1ccc([C@]2(C)O[C@H](COC(=O)Cc3ccccc3)[C@@H](OC(=O)[C@@H](N)C(C)(C)C)[C@H]2O)[nH]1. The number of alkyl carbamates (subject to hydrolysis) is 1. The number of amidine groups is 1. The van der Waals surface area contributed by atoms with E-state index in [1.165, 1.54) is 19.1 Å². The number of nitrogens with zero attached hydrogens (tertiary/aromatic N) is 1. The lowest BCUT2D eigenvalue weighted by atomic mass is 9.87. The van der Waals surface area contributed by atoms with Crippen LogP contribution in [0.2, 0.25) is 0 Å². The number of aliphatic hydroxyl groups excluding tert-OH is 1. The number of aliphatic hydroxyl groups is 1. The molecule has 0 spiro atoms. The number of amides is 1. The summed E-state index contributed by atoms with van der Waals surface area (Å²) in [7, 11) is 0. The molecular weight excluding hydrogens is 590 g/mol. The molecule has 15 heteroatoms. The van der Waals surface area contributed by atoms with Gasteiger partial charge in [0.25, 0.3) is 0 Å². The molecule has 0 aliphatic carbocycles. The van der Waals surface area contributed by atoms with Crippen LogP contribution in [0.25, 0.3) is 0 Å². The Balaban J connectivity index is 1.82. The lowest BCUT2D eigenvalue weighted by Crippen LogP contribution is -2.48. The minimum Gasteiger partial charge on any atom is -0.463 e. The molecule has 0 unspecified atom stereocenters. The zero-order valence-corrected chi connectivity index (χ0v) is 25.7. The number of aliphatic imine (C=N–C) groups is 1. The van der Waals surface area contributed by atoms with Crippen molar-refractivity contribution < 1.29 is 48.0 Å². The van der Waals surface area contributed by atoms with E-state index in [2.05, 4.69) is 20.0 Å². The van der Waals surface area contributed by atoms with Gasteiger partial charge in [-0.25, -0.2) is 9.79 Å². The largest absolute Gasteiger partial charge is 0.463 e. The van der Waals surface area contributed by atoms with E-state index < -0.39 is 66.2 Å². The minimum absolute atomic E-state index is 0.00182. The van der Waals surface area contributed by atoms with Gasteiger partial charge in [0, 0.05) is 6.92 Å². The smallest absolute Gasteiger partial charge is 0.415 e. The molecule has 2 heterocycles.